The van der Waals surface area contributed by atoms with Gasteiger partial charge in [-0.25, -0.2) is 4.79 Å². The van der Waals surface area contributed by atoms with E-state index in [2.05, 4.69) is 36.5 Å². The quantitative estimate of drug-likeness (QED) is 0.821. The highest BCUT2D eigenvalue weighted by Crippen LogP contribution is 2.34. The zero-order valence-electron chi connectivity index (χ0n) is 15.7. The third kappa shape index (κ3) is 4.02. The van der Waals surface area contributed by atoms with Crippen molar-refractivity contribution < 1.29 is 14.3 Å². The van der Waals surface area contributed by atoms with Crippen molar-refractivity contribution in [2.45, 2.75) is 38.6 Å². The monoisotopic (exact) mass is 366 g/mol. The van der Waals surface area contributed by atoms with E-state index in [-0.39, 0.29) is 12.1 Å². The average Bonchev–Trinajstić information content (AvgIpc) is 2.94. The molecule has 5 heteroatoms. The molecule has 2 aromatic rings. The zero-order chi connectivity index (χ0) is 18.6. The molecule has 1 atom stereocenters. The van der Waals surface area contributed by atoms with Gasteiger partial charge in [-0.05, 0) is 37.5 Å². The Morgan fingerprint density at radius 3 is 2.74 bits per heavy atom. The first-order chi connectivity index (χ1) is 13.2. The van der Waals surface area contributed by atoms with Crippen LogP contribution in [-0.4, -0.2) is 30.7 Å². The molecule has 2 heterocycles. The molecule has 0 bridgehead atoms. The van der Waals surface area contributed by atoms with E-state index in [1.807, 2.05) is 23.1 Å². The van der Waals surface area contributed by atoms with Gasteiger partial charge in [0.1, 0.15) is 13.2 Å². The topological polar surface area (TPSA) is 50.8 Å². The van der Waals surface area contributed by atoms with Crippen LogP contribution in [0, 0.1) is 6.92 Å². The number of benzene rings is 2. The summed E-state index contributed by atoms with van der Waals surface area (Å²) in [5.74, 6) is 1.41. The highest BCUT2D eigenvalue weighted by molar-refractivity contribution is 5.90. The Morgan fingerprint density at radius 2 is 1.89 bits per heavy atom. The molecular formula is C22H26N2O3. The molecule has 142 valence electrons. The third-order valence-corrected chi connectivity index (χ3v) is 5.23. The largest absolute Gasteiger partial charge is 0.486 e. The summed E-state index contributed by atoms with van der Waals surface area (Å²) in [6.07, 6.45) is 4.34. The van der Waals surface area contributed by atoms with Gasteiger partial charge in [-0.3, -0.25) is 0 Å². The van der Waals surface area contributed by atoms with Gasteiger partial charge in [-0.2, -0.15) is 0 Å². The van der Waals surface area contributed by atoms with Crippen LogP contribution in [-0.2, 0) is 0 Å². The molecule has 1 N–H and O–H groups in total. The number of anilines is 1. The molecule has 4 rings (SSSR count). The first-order valence-electron chi connectivity index (χ1n) is 9.74. The number of aryl methyl sites for hydroxylation is 1. The van der Waals surface area contributed by atoms with E-state index >= 15 is 0 Å². The van der Waals surface area contributed by atoms with Crippen LogP contribution in [0.2, 0.25) is 0 Å². The van der Waals surface area contributed by atoms with E-state index in [1.54, 1.807) is 0 Å². The molecule has 5 nitrogen and oxygen atoms in total. The fraction of sp³-hybridized carbons (Fsp3) is 0.409. The van der Waals surface area contributed by atoms with Crippen molar-refractivity contribution in [3.8, 4) is 11.5 Å². The summed E-state index contributed by atoms with van der Waals surface area (Å²) in [6, 6.07) is 14.1. The number of amides is 2. The van der Waals surface area contributed by atoms with Crippen LogP contribution in [0.15, 0.2) is 42.5 Å². The van der Waals surface area contributed by atoms with Crippen LogP contribution in [0.5, 0.6) is 11.5 Å². The summed E-state index contributed by atoms with van der Waals surface area (Å²) in [5, 5.41) is 3.06. The fourth-order valence-corrected chi connectivity index (χ4v) is 3.89. The first kappa shape index (κ1) is 17.7. The lowest BCUT2D eigenvalue weighted by molar-refractivity contribution is 0.171. The molecule has 2 amide bonds. The predicted molar refractivity (Wildman–Crippen MR) is 106 cm³/mol. The first-order valence-corrected chi connectivity index (χ1v) is 9.74. The van der Waals surface area contributed by atoms with Crippen LogP contribution in [0.1, 0.15) is 42.9 Å². The minimum atomic E-state index is -0.0555. The number of likely N-dealkylation sites (tertiary alicyclic amines) is 1. The van der Waals surface area contributed by atoms with Crippen molar-refractivity contribution in [2.75, 3.05) is 25.1 Å². The van der Waals surface area contributed by atoms with Crippen LogP contribution in [0.25, 0.3) is 0 Å². The Kier molecular flexibility index (Phi) is 5.19. The Bertz CT molecular complexity index is 821. The molecule has 0 aromatic heterocycles. The lowest BCUT2D eigenvalue weighted by Gasteiger charge is -2.31. The molecule has 0 saturated carbocycles. The summed E-state index contributed by atoms with van der Waals surface area (Å²) >= 11 is 0. The second-order valence-electron chi connectivity index (χ2n) is 7.26. The normalized spacial score (nSPS) is 19.3. The summed E-state index contributed by atoms with van der Waals surface area (Å²) in [6.45, 7) is 3.96. The maximum Gasteiger partial charge on any atom is 0.322 e. The molecule has 0 aliphatic carbocycles. The van der Waals surface area contributed by atoms with Crippen molar-refractivity contribution in [2.24, 2.45) is 0 Å². The highest BCUT2D eigenvalue weighted by atomic mass is 16.6. The minimum Gasteiger partial charge on any atom is -0.486 e. The van der Waals surface area contributed by atoms with Gasteiger partial charge in [0, 0.05) is 18.3 Å². The Labute approximate surface area is 160 Å². The second kappa shape index (κ2) is 7.91. The van der Waals surface area contributed by atoms with Crippen molar-refractivity contribution in [3.05, 3.63) is 53.6 Å². The number of carbonyl (C=O) groups is 1. The molecular weight excluding hydrogens is 340 g/mol. The molecule has 27 heavy (non-hydrogen) atoms. The van der Waals surface area contributed by atoms with Gasteiger partial charge in [-0.15, -0.1) is 0 Å². The molecule has 2 aromatic carbocycles. The molecule has 0 spiro atoms. The Balaban J connectivity index is 1.54. The van der Waals surface area contributed by atoms with E-state index in [1.165, 1.54) is 11.1 Å². The van der Waals surface area contributed by atoms with Gasteiger partial charge in [0.25, 0.3) is 0 Å². The van der Waals surface area contributed by atoms with E-state index in [0.717, 1.165) is 43.7 Å². The molecule has 0 unspecified atom stereocenters. The lowest BCUT2D eigenvalue weighted by atomic mass is 9.99. The van der Waals surface area contributed by atoms with Crippen molar-refractivity contribution in [1.82, 2.24) is 4.90 Å². The smallest absolute Gasteiger partial charge is 0.322 e. The molecule has 2 aliphatic heterocycles. The maximum atomic E-state index is 13.1. The Hall–Kier alpha value is -2.69. The lowest BCUT2D eigenvalue weighted by Crippen LogP contribution is -2.38. The number of fused-ring (bicyclic) bond motifs is 1. The predicted octanol–water partition coefficient (Wildman–Crippen LogP) is 4.92. The van der Waals surface area contributed by atoms with Gasteiger partial charge in [0.15, 0.2) is 11.5 Å². The van der Waals surface area contributed by atoms with Crippen molar-refractivity contribution in [3.63, 3.8) is 0 Å². The zero-order valence-corrected chi connectivity index (χ0v) is 15.7. The number of hydrogen-bond donors (Lipinski definition) is 1. The van der Waals surface area contributed by atoms with Crippen molar-refractivity contribution >= 4 is 11.7 Å². The number of nitrogens with one attached hydrogen (secondary N) is 1. The molecule has 0 radical (unpaired) electrons. The van der Waals surface area contributed by atoms with Crippen LogP contribution in [0.3, 0.4) is 0 Å². The van der Waals surface area contributed by atoms with Crippen LogP contribution in [0.4, 0.5) is 10.5 Å². The Morgan fingerprint density at radius 1 is 1.04 bits per heavy atom. The van der Waals surface area contributed by atoms with Crippen LogP contribution >= 0.6 is 0 Å². The third-order valence-electron chi connectivity index (χ3n) is 5.23. The maximum absolute atomic E-state index is 13.1. The van der Waals surface area contributed by atoms with Gasteiger partial charge < -0.3 is 19.7 Å². The number of urea groups is 1. The molecule has 1 fully saturated rings. The summed E-state index contributed by atoms with van der Waals surface area (Å²) < 4.78 is 11.2. The standard InChI is InChI=1S/C22H26N2O3/c1-16-6-5-7-17(14-16)19-8-3-2-4-11-24(19)22(25)23-18-9-10-20-21(15-18)27-13-12-26-20/h5-7,9-10,14-15,19H,2-4,8,11-13H2,1H3,(H,23,25)/t19-/m0/s1. The average molecular weight is 366 g/mol. The summed E-state index contributed by atoms with van der Waals surface area (Å²) in [4.78, 5) is 15.1. The van der Waals surface area contributed by atoms with E-state index in [9.17, 15) is 4.79 Å². The second-order valence-corrected chi connectivity index (χ2v) is 7.26. The number of carbonyl (C=O) groups excluding carboxylic acids is 1. The van der Waals surface area contributed by atoms with Gasteiger partial charge in [-0.1, -0.05) is 42.7 Å². The number of nitrogens with zero attached hydrogens (tertiary/aromatic N) is 1. The SMILES string of the molecule is Cc1cccc([C@@H]2CCCCCN2C(=O)Nc2ccc3c(c2)OCCO3)c1. The minimum absolute atomic E-state index is 0.0555. The van der Waals surface area contributed by atoms with E-state index in [0.29, 0.717) is 19.0 Å². The van der Waals surface area contributed by atoms with Gasteiger partial charge in [0.2, 0.25) is 0 Å². The van der Waals surface area contributed by atoms with Crippen molar-refractivity contribution in [1.29, 1.82) is 0 Å². The van der Waals surface area contributed by atoms with Gasteiger partial charge >= 0.3 is 6.03 Å². The van der Waals surface area contributed by atoms with Gasteiger partial charge in [0.05, 0.1) is 6.04 Å². The van der Waals surface area contributed by atoms with E-state index in [4.69, 9.17) is 9.47 Å². The van der Waals surface area contributed by atoms with Crippen LogP contribution < -0.4 is 14.8 Å². The number of hydrogen-bond acceptors (Lipinski definition) is 3. The summed E-state index contributed by atoms with van der Waals surface area (Å²) in [7, 11) is 0. The number of rotatable bonds is 2. The fourth-order valence-electron chi connectivity index (χ4n) is 3.89. The molecule has 2 aliphatic rings. The molecule has 1 saturated heterocycles. The highest BCUT2D eigenvalue weighted by Gasteiger charge is 2.27. The van der Waals surface area contributed by atoms with E-state index < -0.39 is 0 Å². The summed E-state index contributed by atoms with van der Waals surface area (Å²) in [5.41, 5.74) is 3.18. The number of ether oxygens (including phenoxy) is 2.